The van der Waals surface area contributed by atoms with E-state index in [2.05, 4.69) is 48.5 Å². The lowest BCUT2D eigenvalue weighted by molar-refractivity contribution is -0.161. The number of unbranched alkanes of at least 4 members (excludes halogenated alkanes) is 45. The number of aliphatic hydroxyl groups is 1. The van der Waals surface area contributed by atoms with Gasteiger partial charge in [0, 0.05) is 25.7 Å². The highest BCUT2D eigenvalue weighted by Crippen LogP contribution is 2.45. The number of phosphoric acid groups is 2. The molecule has 0 fully saturated rings. The van der Waals surface area contributed by atoms with E-state index < -0.39 is 97.5 Å². The summed E-state index contributed by atoms with van der Waals surface area (Å²) in [4.78, 5) is 72.9. The summed E-state index contributed by atoms with van der Waals surface area (Å²) in [5.74, 6) is 0.147. The van der Waals surface area contributed by atoms with Gasteiger partial charge in [0.2, 0.25) is 0 Å². The monoisotopic (exact) mass is 1440 g/mol. The average Bonchev–Trinajstić information content (AvgIpc) is 1.19. The molecule has 0 aliphatic heterocycles. The SMILES string of the molecule is CCCCCCCCCCCCCCCCCCCCC(=O)O[C@H](COC(=O)CCCCCCCCCCCCCCCCC(C)C)COP(=O)(O)OC[C@@H](O)COP(=O)(O)OC[C@@H](COC(=O)CCCCCCCCCCC(C)C)OC(=O)CCCCCCCCCCCC(C)C. The van der Waals surface area contributed by atoms with E-state index in [1.165, 1.54) is 218 Å². The minimum absolute atomic E-state index is 0.105. The molecule has 3 N–H and O–H groups in total. The van der Waals surface area contributed by atoms with E-state index in [0.717, 1.165) is 108 Å². The summed E-state index contributed by atoms with van der Waals surface area (Å²) < 4.78 is 68.6. The molecule has 0 bridgehead atoms. The van der Waals surface area contributed by atoms with Gasteiger partial charge in [-0.3, -0.25) is 37.3 Å². The van der Waals surface area contributed by atoms with Gasteiger partial charge in [0.15, 0.2) is 12.2 Å². The lowest BCUT2D eigenvalue weighted by Gasteiger charge is -2.21. The summed E-state index contributed by atoms with van der Waals surface area (Å²) in [5.41, 5.74) is 0. The van der Waals surface area contributed by atoms with Crippen molar-refractivity contribution in [1.82, 2.24) is 0 Å². The van der Waals surface area contributed by atoms with Crippen molar-refractivity contribution in [3.63, 3.8) is 0 Å². The maximum absolute atomic E-state index is 13.1. The van der Waals surface area contributed by atoms with Gasteiger partial charge >= 0.3 is 39.5 Å². The number of aliphatic hydroxyl groups excluding tert-OH is 1. The zero-order valence-electron chi connectivity index (χ0n) is 64.3. The first-order chi connectivity index (χ1) is 47.2. The van der Waals surface area contributed by atoms with Crippen molar-refractivity contribution in [2.75, 3.05) is 39.6 Å². The largest absolute Gasteiger partial charge is 0.472 e. The first kappa shape index (κ1) is 96.1. The molecule has 0 aromatic carbocycles. The van der Waals surface area contributed by atoms with Crippen molar-refractivity contribution in [3.8, 4) is 0 Å². The molecule has 0 spiro atoms. The molecule has 2 unspecified atom stereocenters. The van der Waals surface area contributed by atoms with Crippen LogP contribution in [0.25, 0.3) is 0 Å². The number of ether oxygens (including phenoxy) is 4. The minimum atomic E-state index is -4.96. The Labute approximate surface area is 600 Å². The van der Waals surface area contributed by atoms with E-state index >= 15 is 0 Å². The van der Waals surface area contributed by atoms with Crippen molar-refractivity contribution in [3.05, 3.63) is 0 Å². The van der Waals surface area contributed by atoms with E-state index in [1.54, 1.807) is 0 Å². The van der Waals surface area contributed by atoms with Gasteiger partial charge in [-0.1, -0.05) is 357 Å². The Kier molecular flexibility index (Phi) is 68.1. The van der Waals surface area contributed by atoms with Crippen molar-refractivity contribution in [1.29, 1.82) is 0 Å². The summed E-state index contributed by atoms with van der Waals surface area (Å²) in [6.45, 7) is 11.9. The van der Waals surface area contributed by atoms with Crippen LogP contribution in [-0.2, 0) is 65.4 Å². The second-order valence-electron chi connectivity index (χ2n) is 29.9. The van der Waals surface area contributed by atoms with E-state index in [1.807, 2.05) is 0 Å². The first-order valence-electron chi connectivity index (χ1n) is 40.8. The summed E-state index contributed by atoms with van der Waals surface area (Å²) in [6, 6.07) is 0. The van der Waals surface area contributed by atoms with Crippen LogP contribution in [0.4, 0.5) is 0 Å². The lowest BCUT2D eigenvalue weighted by Crippen LogP contribution is -2.30. The van der Waals surface area contributed by atoms with Crippen molar-refractivity contribution >= 4 is 39.5 Å². The molecule has 0 amide bonds. The molecule has 19 heteroatoms. The summed E-state index contributed by atoms with van der Waals surface area (Å²) in [6.07, 6.45) is 56.9. The Hall–Kier alpha value is -1.94. The molecule has 582 valence electrons. The third-order valence-corrected chi connectivity index (χ3v) is 20.3. The number of phosphoric ester groups is 2. The van der Waals surface area contributed by atoms with Crippen LogP contribution in [0.5, 0.6) is 0 Å². The minimum Gasteiger partial charge on any atom is -0.462 e. The van der Waals surface area contributed by atoms with Gasteiger partial charge in [0.1, 0.15) is 19.3 Å². The highest BCUT2D eigenvalue weighted by atomic mass is 31.2. The van der Waals surface area contributed by atoms with Crippen LogP contribution in [0.1, 0.15) is 408 Å². The molecule has 17 nitrogen and oxygen atoms in total. The smallest absolute Gasteiger partial charge is 0.462 e. The number of carbonyl (C=O) groups excluding carboxylic acids is 4. The molecule has 0 aliphatic rings. The van der Waals surface area contributed by atoms with Gasteiger partial charge in [-0.2, -0.15) is 0 Å². The Morgan fingerprint density at radius 2 is 0.469 bits per heavy atom. The molecule has 0 radical (unpaired) electrons. The molecule has 0 rings (SSSR count). The predicted molar refractivity (Wildman–Crippen MR) is 400 cm³/mol. The van der Waals surface area contributed by atoms with E-state index in [0.29, 0.717) is 25.7 Å². The molecule has 0 aromatic heterocycles. The summed E-state index contributed by atoms with van der Waals surface area (Å²) in [7, 11) is -9.92. The van der Waals surface area contributed by atoms with Crippen LogP contribution in [0, 0.1) is 17.8 Å². The maximum atomic E-state index is 13.1. The van der Waals surface area contributed by atoms with Crippen LogP contribution in [-0.4, -0.2) is 96.7 Å². The van der Waals surface area contributed by atoms with Crippen LogP contribution in [0.3, 0.4) is 0 Å². The molecule has 0 aromatic rings. The zero-order chi connectivity index (χ0) is 72.3. The number of rotatable bonds is 77. The van der Waals surface area contributed by atoms with Crippen molar-refractivity contribution in [2.24, 2.45) is 17.8 Å². The van der Waals surface area contributed by atoms with Gasteiger partial charge in [-0.15, -0.1) is 0 Å². The summed E-state index contributed by atoms with van der Waals surface area (Å²) in [5, 5.41) is 10.6. The van der Waals surface area contributed by atoms with Crippen molar-refractivity contribution in [2.45, 2.75) is 426 Å². The van der Waals surface area contributed by atoms with Gasteiger partial charge in [-0.05, 0) is 43.4 Å². The van der Waals surface area contributed by atoms with Crippen LogP contribution < -0.4 is 0 Å². The average molecular weight is 1440 g/mol. The van der Waals surface area contributed by atoms with Gasteiger partial charge < -0.3 is 33.8 Å². The fraction of sp³-hybridized carbons (Fsp3) is 0.949. The number of hydrogen-bond donors (Lipinski definition) is 3. The maximum Gasteiger partial charge on any atom is 0.472 e. The first-order valence-corrected chi connectivity index (χ1v) is 43.8. The van der Waals surface area contributed by atoms with E-state index in [-0.39, 0.29) is 25.7 Å². The molecule has 0 heterocycles. The number of esters is 4. The molecule has 0 saturated carbocycles. The zero-order valence-corrected chi connectivity index (χ0v) is 66.0. The molecule has 0 saturated heterocycles. The topological polar surface area (TPSA) is 237 Å². The Morgan fingerprint density at radius 1 is 0.276 bits per heavy atom. The normalized spacial score (nSPS) is 14.0. The Bertz CT molecular complexity index is 1900. The molecular formula is C79H154O17P2. The van der Waals surface area contributed by atoms with Crippen LogP contribution >= 0.6 is 15.6 Å². The summed E-state index contributed by atoms with van der Waals surface area (Å²) >= 11 is 0. The Morgan fingerprint density at radius 3 is 0.694 bits per heavy atom. The number of hydrogen-bond acceptors (Lipinski definition) is 15. The highest BCUT2D eigenvalue weighted by Gasteiger charge is 2.30. The molecule has 5 atom stereocenters. The fourth-order valence-electron chi connectivity index (χ4n) is 12.1. The second-order valence-corrected chi connectivity index (χ2v) is 32.8. The van der Waals surface area contributed by atoms with Crippen LogP contribution in [0.2, 0.25) is 0 Å². The van der Waals surface area contributed by atoms with Crippen LogP contribution in [0.15, 0.2) is 0 Å². The standard InChI is InChI=1S/C79H154O17P2/c1-8-9-10-11-12-13-14-15-16-17-18-19-24-27-32-41-48-55-62-78(83)95-74(66-89-76(81)60-53-46-39-31-26-23-21-20-22-25-29-36-43-50-57-70(2)3)68-93-97(85,86)91-64-73(80)65-92-98(87,88)94-69-75(67-90-77(82)61-54-47-40-35-34-38-45-52-59-72(6)7)96-79(84)63-56-49-42-33-28-30-37-44-51-58-71(4)5/h70-75,80H,8-69H2,1-7H3,(H,85,86)(H,87,88)/t73-,74-,75-/m1/s1. The number of carbonyl (C=O) groups is 4. The lowest BCUT2D eigenvalue weighted by atomic mass is 10.0. The highest BCUT2D eigenvalue weighted by molar-refractivity contribution is 7.47. The molecule has 0 aliphatic carbocycles. The molecular weight excluding hydrogens is 1280 g/mol. The molecule has 98 heavy (non-hydrogen) atoms. The van der Waals surface area contributed by atoms with Gasteiger partial charge in [-0.25, -0.2) is 9.13 Å². The predicted octanol–water partition coefficient (Wildman–Crippen LogP) is 23.4. The second kappa shape index (κ2) is 69.4. The third kappa shape index (κ3) is 72.4. The van der Waals surface area contributed by atoms with E-state index in [4.69, 9.17) is 37.0 Å². The van der Waals surface area contributed by atoms with Gasteiger partial charge in [0.05, 0.1) is 26.4 Å². The Balaban J connectivity index is 5.25. The van der Waals surface area contributed by atoms with E-state index in [9.17, 15) is 43.2 Å². The quantitative estimate of drug-likeness (QED) is 0.0222. The fourth-order valence-corrected chi connectivity index (χ4v) is 13.7. The van der Waals surface area contributed by atoms with Crippen molar-refractivity contribution < 1.29 is 80.2 Å². The third-order valence-electron chi connectivity index (χ3n) is 18.4. The van der Waals surface area contributed by atoms with Gasteiger partial charge in [0.25, 0.3) is 0 Å².